The van der Waals surface area contributed by atoms with Crippen LogP contribution in [0.25, 0.3) is 0 Å². The van der Waals surface area contributed by atoms with Gasteiger partial charge in [-0.25, -0.2) is 14.4 Å². The zero-order valence-electron chi connectivity index (χ0n) is 17.0. The largest absolute Gasteiger partial charge is 0.416 e. The van der Waals surface area contributed by atoms with Crippen molar-refractivity contribution >= 4 is 34.8 Å². The lowest BCUT2D eigenvalue weighted by Crippen LogP contribution is -2.44. The van der Waals surface area contributed by atoms with Gasteiger partial charge in [0.05, 0.1) is 10.6 Å². The third-order valence-corrected chi connectivity index (χ3v) is 5.53. The molecule has 3 aromatic rings. The lowest BCUT2D eigenvalue weighted by molar-refractivity contribution is -0.137. The van der Waals surface area contributed by atoms with Crippen molar-refractivity contribution in [3.05, 3.63) is 76.3 Å². The van der Waals surface area contributed by atoms with Crippen molar-refractivity contribution in [1.82, 2.24) is 9.97 Å². The molecule has 0 N–H and O–H groups in total. The third-order valence-electron chi connectivity index (χ3n) is 5.24. The number of carbonyl (C=O) groups excluding carboxylic acids is 1. The van der Waals surface area contributed by atoms with Gasteiger partial charge in [-0.2, -0.15) is 13.2 Å². The summed E-state index contributed by atoms with van der Waals surface area (Å²) in [4.78, 5) is 24.7. The first-order valence-corrected chi connectivity index (χ1v) is 9.95. The molecule has 0 aliphatic carbocycles. The minimum Gasteiger partial charge on any atom is -0.314 e. The number of likely N-dealkylation sites (N-methyl/N-ethyl adjacent to an activating group) is 1. The van der Waals surface area contributed by atoms with Gasteiger partial charge in [-0.15, -0.1) is 0 Å². The van der Waals surface area contributed by atoms with E-state index >= 15 is 0 Å². The smallest absolute Gasteiger partial charge is 0.314 e. The fraction of sp³-hybridized carbons (Fsp3) is 0.227. The summed E-state index contributed by atoms with van der Waals surface area (Å²) in [7, 11) is 1.49. The average molecular weight is 465 g/mol. The molecule has 0 saturated carbocycles. The molecule has 1 aliphatic rings. The maximum atomic E-state index is 13.5. The Morgan fingerprint density at radius 3 is 2.66 bits per heavy atom. The van der Waals surface area contributed by atoms with E-state index in [9.17, 15) is 22.4 Å². The first kappa shape index (κ1) is 22.0. The van der Waals surface area contributed by atoms with Crippen LogP contribution in [0.15, 0.2) is 48.7 Å². The van der Waals surface area contributed by atoms with Crippen LogP contribution >= 0.6 is 11.6 Å². The second-order valence-corrected chi connectivity index (χ2v) is 7.83. The molecular formula is C22H17ClF4N4O. The molecule has 4 rings (SSSR count). The van der Waals surface area contributed by atoms with E-state index < -0.39 is 29.5 Å². The van der Waals surface area contributed by atoms with E-state index in [0.29, 0.717) is 17.1 Å². The van der Waals surface area contributed by atoms with Gasteiger partial charge in [-0.05, 0) is 48.9 Å². The highest BCUT2D eigenvalue weighted by Crippen LogP contribution is 2.39. The van der Waals surface area contributed by atoms with Crippen LogP contribution in [-0.2, 0) is 17.4 Å². The average Bonchev–Trinajstić information content (AvgIpc) is 3.13. The van der Waals surface area contributed by atoms with E-state index in [4.69, 9.17) is 11.6 Å². The van der Waals surface area contributed by atoms with E-state index in [0.717, 1.165) is 18.2 Å². The summed E-state index contributed by atoms with van der Waals surface area (Å²) in [6.45, 7) is 1.46. The van der Waals surface area contributed by atoms with Crippen LogP contribution in [-0.4, -0.2) is 29.0 Å². The molecule has 2 aromatic heterocycles. The third kappa shape index (κ3) is 4.00. The molecule has 0 spiro atoms. The van der Waals surface area contributed by atoms with Crippen LogP contribution in [0, 0.1) is 12.7 Å². The predicted octanol–water partition coefficient (Wildman–Crippen LogP) is 5.32. The molecule has 5 nitrogen and oxygen atoms in total. The topological polar surface area (TPSA) is 49.3 Å². The summed E-state index contributed by atoms with van der Waals surface area (Å²) in [5.74, 6) is -0.720. The van der Waals surface area contributed by atoms with Crippen molar-refractivity contribution in [2.24, 2.45) is 0 Å². The summed E-state index contributed by atoms with van der Waals surface area (Å²) in [5.41, 5.74) is 0.338. The summed E-state index contributed by atoms with van der Waals surface area (Å²) < 4.78 is 53.8. The fourth-order valence-corrected chi connectivity index (χ4v) is 3.88. The normalized spacial score (nSPS) is 15.6. The zero-order chi connectivity index (χ0) is 23.2. The number of nitrogens with zero attached hydrogens (tertiary/aromatic N) is 4. The molecule has 10 heteroatoms. The number of pyridine rings is 2. The molecule has 166 valence electrons. The standard InChI is InChI=1S/C22H17ClF4N4O/c1-12-8-14(22(25,26)27)10-19(29-12)31-18(9-13-4-3-7-28-20(13)31)21(32)30(2)15-5-6-17(24)16(23)11-15/h3-8,10-11,18H,9H2,1-2H3. The van der Waals surface area contributed by atoms with Gasteiger partial charge in [-0.3, -0.25) is 9.69 Å². The van der Waals surface area contributed by atoms with Gasteiger partial charge >= 0.3 is 6.18 Å². The highest BCUT2D eigenvalue weighted by atomic mass is 35.5. The molecular weight excluding hydrogens is 448 g/mol. The molecule has 3 heterocycles. The number of aromatic nitrogens is 2. The maximum absolute atomic E-state index is 13.5. The number of alkyl halides is 3. The number of carbonyl (C=O) groups is 1. The zero-order valence-corrected chi connectivity index (χ0v) is 17.7. The molecule has 0 radical (unpaired) electrons. The van der Waals surface area contributed by atoms with Gasteiger partial charge in [0.15, 0.2) is 0 Å². The van der Waals surface area contributed by atoms with Gasteiger partial charge in [0.2, 0.25) is 5.91 Å². The molecule has 1 atom stereocenters. The van der Waals surface area contributed by atoms with Crippen molar-refractivity contribution < 1.29 is 22.4 Å². The molecule has 1 amide bonds. The van der Waals surface area contributed by atoms with Gasteiger partial charge in [0.1, 0.15) is 23.5 Å². The number of rotatable bonds is 3. The van der Waals surface area contributed by atoms with E-state index in [2.05, 4.69) is 9.97 Å². The Bertz CT molecular complexity index is 1200. The van der Waals surface area contributed by atoms with Crippen LogP contribution in [0.3, 0.4) is 0 Å². The number of halogens is 5. The first-order valence-electron chi connectivity index (χ1n) is 9.58. The number of amides is 1. The number of anilines is 3. The molecule has 1 aliphatic heterocycles. The molecule has 0 bridgehead atoms. The Kier molecular flexibility index (Phi) is 5.54. The second kappa shape index (κ2) is 8.05. The Morgan fingerprint density at radius 2 is 1.97 bits per heavy atom. The highest BCUT2D eigenvalue weighted by molar-refractivity contribution is 6.31. The number of hydrogen-bond acceptors (Lipinski definition) is 4. The van der Waals surface area contributed by atoms with Gasteiger partial charge in [0, 0.05) is 31.0 Å². The Hall–Kier alpha value is -3.20. The maximum Gasteiger partial charge on any atom is 0.416 e. The van der Waals surface area contributed by atoms with Crippen LogP contribution < -0.4 is 9.80 Å². The number of aryl methyl sites for hydroxylation is 1. The first-order chi connectivity index (χ1) is 15.1. The summed E-state index contributed by atoms with van der Waals surface area (Å²) in [6.07, 6.45) is -2.85. The number of fused-ring (bicyclic) bond motifs is 1. The monoisotopic (exact) mass is 464 g/mol. The van der Waals surface area contributed by atoms with Crippen molar-refractivity contribution in [3.8, 4) is 0 Å². The Morgan fingerprint density at radius 1 is 1.22 bits per heavy atom. The second-order valence-electron chi connectivity index (χ2n) is 7.42. The fourth-order valence-electron chi connectivity index (χ4n) is 3.70. The lowest BCUT2D eigenvalue weighted by Gasteiger charge is -2.29. The van der Waals surface area contributed by atoms with Crippen LogP contribution in [0.4, 0.5) is 34.9 Å². The molecule has 0 fully saturated rings. The van der Waals surface area contributed by atoms with Gasteiger partial charge in [0.25, 0.3) is 0 Å². The lowest BCUT2D eigenvalue weighted by atomic mass is 10.1. The summed E-state index contributed by atoms with van der Waals surface area (Å²) in [5, 5.41) is -0.148. The highest BCUT2D eigenvalue weighted by Gasteiger charge is 2.40. The van der Waals surface area contributed by atoms with Crippen molar-refractivity contribution in [2.45, 2.75) is 25.6 Å². The van der Waals surface area contributed by atoms with E-state index in [1.54, 1.807) is 12.1 Å². The number of benzene rings is 1. The Balaban J connectivity index is 1.78. The predicted molar refractivity (Wildman–Crippen MR) is 113 cm³/mol. The van der Waals surface area contributed by atoms with E-state index in [-0.39, 0.29) is 23.0 Å². The van der Waals surface area contributed by atoms with Crippen molar-refractivity contribution in [1.29, 1.82) is 0 Å². The molecule has 1 unspecified atom stereocenters. The molecule has 32 heavy (non-hydrogen) atoms. The van der Waals surface area contributed by atoms with Gasteiger partial charge < -0.3 is 4.90 Å². The van der Waals surface area contributed by atoms with Crippen molar-refractivity contribution in [3.63, 3.8) is 0 Å². The van der Waals surface area contributed by atoms with E-state index in [1.807, 2.05) is 0 Å². The van der Waals surface area contributed by atoms with Crippen LogP contribution in [0.1, 0.15) is 16.8 Å². The summed E-state index contributed by atoms with van der Waals surface area (Å²) >= 11 is 5.85. The molecule has 0 saturated heterocycles. The summed E-state index contributed by atoms with van der Waals surface area (Å²) in [6, 6.07) is 8.26. The Labute approximate surface area is 186 Å². The number of hydrogen-bond donors (Lipinski definition) is 0. The minimum atomic E-state index is -4.57. The van der Waals surface area contributed by atoms with Crippen molar-refractivity contribution in [2.75, 3.05) is 16.8 Å². The van der Waals surface area contributed by atoms with Gasteiger partial charge in [-0.1, -0.05) is 17.7 Å². The van der Waals surface area contributed by atoms with E-state index in [1.165, 1.54) is 42.1 Å². The van der Waals surface area contributed by atoms with Crippen LogP contribution in [0.2, 0.25) is 5.02 Å². The molecule has 1 aromatic carbocycles. The van der Waals surface area contributed by atoms with Crippen LogP contribution in [0.5, 0.6) is 0 Å². The quantitative estimate of drug-likeness (QED) is 0.492. The minimum absolute atomic E-state index is 0.0290. The SMILES string of the molecule is Cc1cc(C(F)(F)F)cc(N2c3ncccc3CC2C(=O)N(C)c2ccc(F)c(Cl)c2)n1.